The molecule has 0 bridgehead atoms. The Hall–Kier alpha value is -3.98. The van der Waals surface area contributed by atoms with Crippen LogP contribution in [0.5, 0.6) is 0 Å². The fourth-order valence-corrected chi connectivity index (χ4v) is 4.36. The molecule has 0 fully saturated rings. The van der Waals surface area contributed by atoms with E-state index in [9.17, 15) is 0 Å². The third kappa shape index (κ3) is 2.67. The van der Waals surface area contributed by atoms with E-state index in [1.807, 2.05) is 30.5 Å². The number of pyridine rings is 1. The molecule has 0 saturated carbocycles. The average Bonchev–Trinajstić information content (AvgIpc) is 3.18. The van der Waals surface area contributed by atoms with Crippen LogP contribution < -0.4 is 0 Å². The number of para-hydroxylation sites is 2. The van der Waals surface area contributed by atoms with E-state index in [1.54, 1.807) is 0 Å². The van der Waals surface area contributed by atoms with Crippen LogP contribution >= 0.6 is 0 Å². The first-order valence-electron chi connectivity index (χ1n) is 10.1. The van der Waals surface area contributed by atoms with Crippen LogP contribution in [0.1, 0.15) is 5.56 Å². The number of fused-ring (bicyclic) bond motifs is 3. The molecule has 3 heteroatoms. The SMILES string of the molecule is c1ccc(-c2nc3ccccc3n2Cc2c3ccccc3cc3ccccc23)nc1. The minimum atomic E-state index is 0.730. The van der Waals surface area contributed by atoms with Gasteiger partial charge in [-0.05, 0) is 57.4 Å². The highest BCUT2D eigenvalue weighted by Crippen LogP contribution is 2.32. The van der Waals surface area contributed by atoms with Gasteiger partial charge in [-0.1, -0.05) is 66.7 Å². The highest BCUT2D eigenvalue weighted by atomic mass is 15.1. The molecule has 0 aliphatic rings. The van der Waals surface area contributed by atoms with Crippen LogP contribution in [0.25, 0.3) is 44.1 Å². The van der Waals surface area contributed by atoms with Gasteiger partial charge >= 0.3 is 0 Å². The van der Waals surface area contributed by atoms with Crippen LogP contribution in [-0.2, 0) is 6.54 Å². The molecule has 0 spiro atoms. The molecule has 2 aromatic heterocycles. The Labute approximate surface area is 174 Å². The number of hydrogen-bond donors (Lipinski definition) is 0. The Kier molecular flexibility index (Phi) is 3.85. The summed E-state index contributed by atoms with van der Waals surface area (Å²) in [6, 6.07) is 33.8. The van der Waals surface area contributed by atoms with Gasteiger partial charge in [-0.15, -0.1) is 0 Å². The van der Waals surface area contributed by atoms with E-state index in [-0.39, 0.29) is 0 Å². The zero-order valence-corrected chi connectivity index (χ0v) is 16.4. The molecule has 3 nitrogen and oxygen atoms in total. The zero-order valence-electron chi connectivity index (χ0n) is 16.4. The predicted octanol–water partition coefficient (Wildman–Crippen LogP) is 6.45. The van der Waals surface area contributed by atoms with E-state index in [4.69, 9.17) is 4.98 Å². The fraction of sp³-hybridized carbons (Fsp3) is 0.0370. The Bertz CT molecular complexity index is 1460. The van der Waals surface area contributed by atoms with Crippen molar-refractivity contribution in [3.63, 3.8) is 0 Å². The minimum absolute atomic E-state index is 0.730. The van der Waals surface area contributed by atoms with Crippen LogP contribution in [0.3, 0.4) is 0 Å². The van der Waals surface area contributed by atoms with E-state index in [2.05, 4.69) is 82.3 Å². The molecule has 30 heavy (non-hydrogen) atoms. The van der Waals surface area contributed by atoms with Crippen molar-refractivity contribution < 1.29 is 0 Å². The molecule has 0 aliphatic carbocycles. The lowest BCUT2D eigenvalue weighted by Gasteiger charge is -2.15. The number of nitrogens with zero attached hydrogens (tertiary/aromatic N) is 3. The summed E-state index contributed by atoms with van der Waals surface area (Å²) in [7, 11) is 0. The molecule has 0 atom stereocenters. The summed E-state index contributed by atoms with van der Waals surface area (Å²) in [5, 5.41) is 5.08. The Morgan fingerprint density at radius 3 is 2.07 bits per heavy atom. The molecule has 0 radical (unpaired) electrons. The quantitative estimate of drug-likeness (QED) is 0.328. The second-order valence-corrected chi connectivity index (χ2v) is 7.52. The number of imidazole rings is 1. The normalized spacial score (nSPS) is 11.5. The van der Waals surface area contributed by atoms with Crippen molar-refractivity contribution in [1.29, 1.82) is 0 Å². The topological polar surface area (TPSA) is 30.7 Å². The van der Waals surface area contributed by atoms with Gasteiger partial charge in [0.15, 0.2) is 5.82 Å². The molecule has 0 unspecified atom stereocenters. The first-order chi connectivity index (χ1) is 14.9. The summed E-state index contributed by atoms with van der Waals surface area (Å²) < 4.78 is 2.30. The van der Waals surface area contributed by atoms with Crippen molar-refractivity contribution >= 4 is 32.6 Å². The van der Waals surface area contributed by atoms with Gasteiger partial charge in [-0.2, -0.15) is 0 Å². The maximum atomic E-state index is 4.94. The molecule has 6 aromatic rings. The lowest BCUT2D eigenvalue weighted by molar-refractivity contribution is 0.841. The average molecular weight is 385 g/mol. The monoisotopic (exact) mass is 385 g/mol. The largest absolute Gasteiger partial charge is 0.318 e. The second-order valence-electron chi connectivity index (χ2n) is 7.52. The first kappa shape index (κ1) is 16.9. The summed E-state index contributed by atoms with van der Waals surface area (Å²) in [4.78, 5) is 9.53. The lowest BCUT2D eigenvalue weighted by atomic mass is 9.96. The lowest BCUT2D eigenvalue weighted by Crippen LogP contribution is -2.04. The van der Waals surface area contributed by atoms with Crippen molar-refractivity contribution in [1.82, 2.24) is 14.5 Å². The van der Waals surface area contributed by atoms with Crippen LogP contribution in [0.2, 0.25) is 0 Å². The van der Waals surface area contributed by atoms with E-state index in [1.165, 1.54) is 27.1 Å². The predicted molar refractivity (Wildman–Crippen MR) is 124 cm³/mol. The van der Waals surface area contributed by atoms with Crippen molar-refractivity contribution in [3.8, 4) is 11.5 Å². The maximum absolute atomic E-state index is 4.94. The van der Waals surface area contributed by atoms with Gasteiger partial charge in [-0.3, -0.25) is 4.98 Å². The molecule has 0 N–H and O–H groups in total. The number of aromatic nitrogens is 3. The summed E-state index contributed by atoms with van der Waals surface area (Å²) >= 11 is 0. The van der Waals surface area contributed by atoms with Crippen LogP contribution in [0.15, 0.2) is 103 Å². The Morgan fingerprint density at radius 1 is 0.667 bits per heavy atom. The van der Waals surface area contributed by atoms with E-state index < -0.39 is 0 Å². The molecule has 2 heterocycles. The van der Waals surface area contributed by atoms with Gasteiger partial charge in [0.2, 0.25) is 0 Å². The third-order valence-electron chi connectivity index (χ3n) is 5.75. The molecule has 142 valence electrons. The highest BCUT2D eigenvalue weighted by Gasteiger charge is 2.16. The summed E-state index contributed by atoms with van der Waals surface area (Å²) in [5.74, 6) is 0.897. The number of rotatable bonds is 3. The van der Waals surface area contributed by atoms with Crippen molar-refractivity contribution in [2.75, 3.05) is 0 Å². The summed E-state index contributed by atoms with van der Waals surface area (Å²) in [6.45, 7) is 0.730. The smallest absolute Gasteiger partial charge is 0.160 e. The van der Waals surface area contributed by atoms with Crippen molar-refractivity contribution in [3.05, 3.63) is 109 Å². The highest BCUT2D eigenvalue weighted by molar-refractivity contribution is 6.02. The zero-order chi connectivity index (χ0) is 19.9. The summed E-state index contributed by atoms with van der Waals surface area (Å²) in [6.07, 6.45) is 1.83. The third-order valence-corrected chi connectivity index (χ3v) is 5.75. The number of benzene rings is 4. The van der Waals surface area contributed by atoms with Crippen molar-refractivity contribution in [2.24, 2.45) is 0 Å². The van der Waals surface area contributed by atoms with Crippen LogP contribution in [0.4, 0.5) is 0 Å². The molecule has 4 aromatic carbocycles. The van der Waals surface area contributed by atoms with Crippen LogP contribution in [-0.4, -0.2) is 14.5 Å². The minimum Gasteiger partial charge on any atom is -0.318 e. The fourth-order valence-electron chi connectivity index (χ4n) is 4.36. The maximum Gasteiger partial charge on any atom is 0.160 e. The van der Waals surface area contributed by atoms with Gasteiger partial charge < -0.3 is 4.57 Å². The first-order valence-corrected chi connectivity index (χ1v) is 10.1. The van der Waals surface area contributed by atoms with Gasteiger partial charge in [0.05, 0.1) is 17.6 Å². The standard InChI is InChI=1S/C27H19N3/c1-3-11-21-19(9-1)17-20-10-2-4-12-22(20)23(21)18-30-26-15-6-5-13-24(26)29-27(30)25-14-7-8-16-28-25/h1-17H,18H2. The molecular weight excluding hydrogens is 366 g/mol. The van der Waals surface area contributed by atoms with Crippen molar-refractivity contribution in [2.45, 2.75) is 6.54 Å². The molecule has 6 rings (SSSR count). The Morgan fingerprint density at radius 2 is 1.33 bits per heavy atom. The summed E-state index contributed by atoms with van der Waals surface area (Å²) in [5.41, 5.74) is 4.31. The van der Waals surface area contributed by atoms with E-state index in [0.717, 1.165) is 29.1 Å². The van der Waals surface area contributed by atoms with Gasteiger partial charge in [-0.25, -0.2) is 4.98 Å². The van der Waals surface area contributed by atoms with E-state index in [0.29, 0.717) is 0 Å². The molecule has 0 aliphatic heterocycles. The van der Waals surface area contributed by atoms with Crippen LogP contribution in [0, 0.1) is 0 Å². The Balaban J connectivity index is 1.66. The molecule has 0 saturated heterocycles. The van der Waals surface area contributed by atoms with Gasteiger partial charge in [0.25, 0.3) is 0 Å². The molecule has 0 amide bonds. The van der Waals surface area contributed by atoms with Gasteiger partial charge in [0.1, 0.15) is 5.69 Å². The second kappa shape index (κ2) is 6.82. The van der Waals surface area contributed by atoms with Gasteiger partial charge in [0, 0.05) is 6.20 Å². The number of hydrogen-bond acceptors (Lipinski definition) is 2. The van der Waals surface area contributed by atoms with E-state index >= 15 is 0 Å². The molecular formula is C27H19N3.